The maximum absolute atomic E-state index is 12.7. The van der Waals surface area contributed by atoms with Crippen molar-refractivity contribution in [3.05, 3.63) is 54.1 Å². The van der Waals surface area contributed by atoms with Crippen LogP contribution in [0.4, 0.5) is 0 Å². The van der Waals surface area contributed by atoms with Crippen molar-refractivity contribution in [2.24, 2.45) is 7.05 Å². The number of methoxy groups -OCH3 is 1. The van der Waals surface area contributed by atoms with Crippen LogP contribution < -0.4 is 0 Å². The number of nitrogens with zero attached hydrogens (tertiary/aromatic N) is 4. The van der Waals surface area contributed by atoms with Gasteiger partial charge in [0, 0.05) is 51.9 Å². The lowest BCUT2D eigenvalue weighted by atomic mass is 9.86. The van der Waals surface area contributed by atoms with Gasteiger partial charge in [-0.2, -0.15) is 0 Å². The molecule has 0 radical (unpaired) electrons. The molecule has 2 saturated heterocycles. The zero-order valence-electron chi connectivity index (χ0n) is 15.6. The van der Waals surface area contributed by atoms with Crippen LogP contribution in [0.1, 0.15) is 34.9 Å². The van der Waals surface area contributed by atoms with Crippen molar-refractivity contribution in [1.29, 1.82) is 0 Å². The molecule has 2 aliphatic heterocycles. The van der Waals surface area contributed by atoms with Crippen LogP contribution in [-0.2, 0) is 16.6 Å². The molecule has 2 amide bonds. The van der Waals surface area contributed by atoms with Gasteiger partial charge in [0.15, 0.2) is 6.10 Å². The minimum absolute atomic E-state index is 0.0338. The Balaban J connectivity index is 1.45. The molecule has 4 rings (SSSR count). The molecule has 7 heteroatoms. The Labute approximate surface area is 158 Å². The van der Waals surface area contributed by atoms with Crippen LogP contribution >= 0.6 is 0 Å². The fourth-order valence-electron chi connectivity index (χ4n) is 4.21. The first-order valence-electron chi connectivity index (χ1n) is 9.27. The number of carbonyl (C=O) groups excluding carboxylic acids is 2. The number of aryl methyl sites for hydroxylation is 1. The monoisotopic (exact) mass is 368 g/mol. The molecule has 2 aromatic heterocycles. The van der Waals surface area contributed by atoms with E-state index in [1.54, 1.807) is 19.5 Å². The summed E-state index contributed by atoms with van der Waals surface area (Å²) >= 11 is 0. The fourth-order valence-corrected chi connectivity index (χ4v) is 4.21. The minimum atomic E-state index is -0.435. The topological polar surface area (TPSA) is 67.7 Å². The Morgan fingerprint density at radius 3 is 2.48 bits per heavy atom. The summed E-state index contributed by atoms with van der Waals surface area (Å²) in [7, 11) is 3.46. The molecule has 0 saturated carbocycles. The first kappa shape index (κ1) is 17.7. The Kier molecular flexibility index (Phi) is 4.70. The maximum atomic E-state index is 12.7. The van der Waals surface area contributed by atoms with Crippen LogP contribution in [0, 0.1) is 0 Å². The van der Waals surface area contributed by atoms with Crippen molar-refractivity contribution in [2.45, 2.75) is 31.0 Å². The summed E-state index contributed by atoms with van der Waals surface area (Å²) in [5, 5.41) is 0. The number of ether oxygens (including phenoxy) is 1. The quantitative estimate of drug-likeness (QED) is 0.769. The zero-order chi connectivity index (χ0) is 19.0. The van der Waals surface area contributed by atoms with E-state index in [0.29, 0.717) is 18.8 Å². The number of pyridine rings is 1. The predicted octanol–water partition coefficient (Wildman–Crippen LogP) is 1.62. The van der Waals surface area contributed by atoms with Crippen LogP contribution in [0.5, 0.6) is 0 Å². The molecule has 2 fully saturated rings. The smallest absolute Gasteiger partial charge is 0.270 e. The van der Waals surface area contributed by atoms with E-state index in [1.165, 1.54) is 0 Å². The number of piperidine rings is 1. The van der Waals surface area contributed by atoms with E-state index in [4.69, 9.17) is 4.74 Å². The largest absolute Gasteiger partial charge is 0.369 e. The summed E-state index contributed by atoms with van der Waals surface area (Å²) in [6.07, 6.45) is 6.48. The molecule has 142 valence electrons. The number of β-lactam (4-membered cyclic amide) rings is 1. The second-order valence-electron chi connectivity index (χ2n) is 7.15. The Morgan fingerprint density at radius 2 is 1.89 bits per heavy atom. The molecule has 2 aromatic rings. The number of amides is 2. The van der Waals surface area contributed by atoms with Gasteiger partial charge in [0.2, 0.25) is 0 Å². The SMILES string of the molecule is CO[C@H]1C(=O)N(C2CCN(C(=O)c3cccn3C)CC2)[C@H]1c1ccncc1. The van der Waals surface area contributed by atoms with Crippen molar-refractivity contribution < 1.29 is 14.3 Å². The van der Waals surface area contributed by atoms with E-state index in [-0.39, 0.29) is 23.9 Å². The zero-order valence-corrected chi connectivity index (χ0v) is 15.6. The molecule has 0 aromatic carbocycles. The average molecular weight is 368 g/mol. The normalized spacial score (nSPS) is 23.4. The van der Waals surface area contributed by atoms with Gasteiger partial charge < -0.3 is 19.1 Å². The number of aromatic nitrogens is 2. The van der Waals surface area contributed by atoms with Crippen molar-refractivity contribution in [2.75, 3.05) is 20.2 Å². The van der Waals surface area contributed by atoms with Crippen LogP contribution in [-0.4, -0.2) is 63.5 Å². The lowest BCUT2D eigenvalue weighted by molar-refractivity contribution is -0.178. The highest BCUT2D eigenvalue weighted by molar-refractivity contribution is 5.93. The number of hydrogen-bond acceptors (Lipinski definition) is 4. The van der Waals surface area contributed by atoms with Crippen LogP contribution in [0.25, 0.3) is 0 Å². The van der Waals surface area contributed by atoms with Crippen LogP contribution in [0.3, 0.4) is 0 Å². The van der Waals surface area contributed by atoms with Gasteiger partial charge in [-0.25, -0.2) is 0 Å². The van der Waals surface area contributed by atoms with E-state index in [1.807, 2.05) is 51.9 Å². The second-order valence-corrected chi connectivity index (χ2v) is 7.15. The highest BCUT2D eigenvalue weighted by Crippen LogP contribution is 2.40. The van der Waals surface area contributed by atoms with Gasteiger partial charge in [-0.1, -0.05) is 0 Å². The van der Waals surface area contributed by atoms with Gasteiger partial charge in [-0.15, -0.1) is 0 Å². The van der Waals surface area contributed by atoms with Crippen molar-refractivity contribution in [3.8, 4) is 0 Å². The first-order chi connectivity index (χ1) is 13.1. The van der Waals surface area contributed by atoms with E-state index in [0.717, 1.165) is 18.4 Å². The molecule has 0 spiro atoms. The average Bonchev–Trinajstić information content (AvgIpc) is 3.13. The lowest BCUT2D eigenvalue weighted by Crippen LogP contribution is -2.64. The number of rotatable bonds is 4. The summed E-state index contributed by atoms with van der Waals surface area (Å²) in [5.74, 6) is 0.0860. The van der Waals surface area contributed by atoms with E-state index in [9.17, 15) is 9.59 Å². The number of likely N-dealkylation sites (tertiary alicyclic amines) is 2. The van der Waals surface area contributed by atoms with Gasteiger partial charge in [0.1, 0.15) is 5.69 Å². The molecular formula is C20H24N4O3. The van der Waals surface area contributed by atoms with Gasteiger partial charge in [-0.3, -0.25) is 14.6 Å². The molecule has 4 heterocycles. The van der Waals surface area contributed by atoms with E-state index in [2.05, 4.69) is 4.98 Å². The van der Waals surface area contributed by atoms with Crippen LogP contribution in [0.2, 0.25) is 0 Å². The fraction of sp³-hybridized carbons (Fsp3) is 0.450. The van der Waals surface area contributed by atoms with Gasteiger partial charge in [0.25, 0.3) is 11.8 Å². The van der Waals surface area contributed by atoms with Crippen molar-refractivity contribution in [1.82, 2.24) is 19.4 Å². The molecule has 2 aliphatic rings. The molecule has 0 bridgehead atoms. The third-order valence-electron chi connectivity index (χ3n) is 5.69. The molecule has 0 aliphatic carbocycles. The Morgan fingerprint density at radius 1 is 1.19 bits per heavy atom. The van der Waals surface area contributed by atoms with Gasteiger partial charge in [-0.05, 0) is 42.7 Å². The van der Waals surface area contributed by atoms with Crippen molar-refractivity contribution in [3.63, 3.8) is 0 Å². The minimum Gasteiger partial charge on any atom is -0.369 e. The molecule has 27 heavy (non-hydrogen) atoms. The van der Waals surface area contributed by atoms with Crippen LogP contribution in [0.15, 0.2) is 42.9 Å². The Bertz CT molecular complexity index is 827. The highest BCUT2D eigenvalue weighted by Gasteiger charge is 2.51. The summed E-state index contributed by atoms with van der Waals surface area (Å²) in [4.78, 5) is 33.2. The molecule has 7 nitrogen and oxygen atoms in total. The second kappa shape index (κ2) is 7.15. The molecule has 2 atom stereocenters. The molecule has 0 unspecified atom stereocenters. The summed E-state index contributed by atoms with van der Waals surface area (Å²) in [6.45, 7) is 1.30. The summed E-state index contributed by atoms with van der Waals surface area (Å²) < 4.78 is 7.27. The lowest BCUT2D eigenvalue weighted by Gasteiger charge is -2.52. The molecular weight excluding hydrogens is 344 g/mol. The third kappa shape index (κ3) is 3.02. The third-order valence-corrected chi connectivity index (χ3v) is 5.69. The highest BCUT2D eigenvalue weighted by atomic mass is 16.5. The maximum Gasteiger partial charge on any atom is 0.270 e. The predicted molar refractivity (Wildman–Crippen MR) is 99.0 cm³/mol. The van der Waals surface area contributed by atoms with Gasteiger partial charge in [0.05, 0.1) is 6.04 Å². The standard InChI is InChI=1S/C20H24N4O3/c1-22-11-3-4-16(22)19(25)23-12-7-15(8-13-23)24-17(18(27-2)20(24)26)14-5-9-21-10-6-14/h3-6,9-11,15,17-18H,7-8,12-13H2,1-2H3/t17-,18+/m0/s1. The number of carbonyl (C=O) groups is 2. The van der Waals surface area contributed by atoms with Crippen molar-refractivity contribution >= 4 is 11.8 Å². The Hall–Kier alpha value is -2.67. The molecule has 0 N–H and O–H groups in total. The van der Waals surface area contributed by atoms with E-state index < -0.39 is 6.10 Å². The van der Waals surface area contributed by atoms with Gasteiger partial charge >= 0.3 is 0 Å². The van der Waals surface area contributed by atoms with E-state index >= 15 is 0 Å². The number of hydrogen-bond donors (Lipinski definition) is 0. The summed E-state index contributed by atoms with van der Waals surface area (Å²) in [5.41, 5.74) is 1.74. The summed E-state index contributed by atoms with van der Waals surface area (Å²) in [6, 6.07) is 7.64. The first-order valence-corrected chi connectivity index (χ1v) is 9.27.